The molecule has 3 rings (SSSR count). The highest BCUT2D eigenvalue weighted by Crippen LogP contribution is 2.24. The molecule has 136 valence electrons. The maximum atomic E-state index is 12.8. The van der Waals surface area contributed by atoms with E-state index < -0.39 is 0 Å². The van der Waals surface area contributed by atoms with Crippen LogP contribution in [0.25, 0.3) is 0 Å². The summed E-state index contributed by atoms with van der Waals surface area (Å²) in [5.41, 5.74) is 2.17. The van der Waals surface area contributed by atoms with Crippen LogP contribution in [0, 0.1) is 0 Å². The van der Waals surface area contributed by atoms with Crippen LogP contribution in [0.15, 0.2) is 72.8 Å². The number of ketones is 1. The Morgan fingerprint density at radius 1 is 0.963 bits per heavy atom. The van der Waals surface area contributed by atoms with Gasteiger partial charge in [-0.1, -0.05) is 54.1 Å². The number of amides is 1. The van der Waals surface area contributed by atoms with Crippen LogP contribution in [0.4, 0.5) is 5.69 Å². The molecule has 1 amide bonds. The van der Waals surface area contributed by atoms with Crippen molar-refractivity contribution in [3.05, 3.63) is 94.5 Å². The molecule has 0 aliphatic rings. The van der Waals surface area contributed by atoms with Gasteiger partial charge in [0, 0.05) is 16.1 Å². The molecule has 5 heteroatoms. The number of hydrogen-bond donors (Lipinski definition) is 1. The zero-order chi connectivity index (χ0) is 19.2. The van der Waals surface area contributed by atoms with Crippen LogP contribution < -0.4 is 10.1 Å². The standard InChI is InChI=1S/C22H18ClNO3/c1-27-18-10-7-15(8-11-18)13-21(25)24-20-12-9-17(23)14-19(20)22(26)16-5-3-2-4-6-16/h2-12,14H,13H2,1H3,(H,24,25). The molecule has 0 bridgehead atoms. The molecule has 4 nitrogen and oxygen atoms in total. The smallest absolute Gasteiger partial charge is 0.228 e. The van der Waals surface area contributed by atoms with E-state index in [-0.39, 0.29) is 18.1 Å². The molecule has 0 unspecified atom stereocenters. The van der Waals surface area contributed by atoms with Crippen LogP contribution in [0.1, 0.15) is 21.5 Å². The van der Waals surface area contributed by atoms with Gasteiger partial charge in [-0.05, 0) is 35.9 Å². The number of methoxy groups -OCH3 is 1. The molecular weight excluding hydrogens is 362 g/mol. The minimum absolute atomic E-state index is 0.186. The van der Waals surface area contributed by atoms with Crippen molar-refractivity contribution in [2.24, 2.45) is 0 Å². The van der Waals surface area contributed by atoms with E-state index in [0.717, 1.165) is 11.3 Å². The van der Waals surface area contributed by atoms with E-state index in [1.807, 2.05) is 18.2 Å². The lowest BCUT2D eigenvalue weighted by molar-refractivity contribution is -0.115. The Labute approximate surface area is 162 Å². The molecule has 0 saturated heterocycles. The van der Waals surface area contributed by atoms with Crippen molar-refractivity contribution in [3.8, 4) is 5.75 Å². The largest absolute Gasteiger partial charge is 0.497 e. The number of rotatable bonds is 6. The molecule has 0 fully saturated rings. The van der Waals surface area contributed by atoms with Gasteiger partial charge < -0.3 is 10.1 Å². The molecule has 3 aromatic carbocycles. The van der Waals surface area contributed by atoms with E-state index in [4.69, 9.17) is 16.3 Å². The molecule has 0 aliphatic heterocycles. The maximum Gasteiger partial charge on any atom is 0.228 e. The average Bonchev–Trinajstić information content (AvgIpc) is 2.70. The molecule has 27 heavy (non-hydrogen) atoms. The van der Waals surface area contributed by atoms with Crippen LogP contribution >= 0.6 is 11.6 Å². The number of nitrogens with one attached hydrogen (secondary N) is 1. The first-order valence-corrected chi connectivity index (χ1v) is 8.76. The van der Waals surface area contributed by atoms with Crippen LogP contribution in [0.3, 0.4) is 0 Å². The number of halogens is 1. The number of ether oxygens (including phenoxy) is 1. The van der Waals surface area contributed by atoms with Gasteiger partial charge in [0.05, 0.1) is 19.2 Å². The third-order valence-corrected chi connectivity index (χ3v) is 4.30. The van der Waals surface area contributed by atoms with Crippen molar-refractivity contribution in [3.63, 3.8) is 0 Å². The topological polar surface area (TPSA) is 55.4 Å². The van der Waals surface area contributed by atoms with E-state index in [1.54, 1.807) is 61.7 Å². The third-order valence-electron chi connectivity index (χ3n) is 4.06. The van der Waals surface area contributed by atoms with Gasteiger partial charge >= 0.3 is 0 Å². The van der Waals surface area contributed by atoms with Gasteiger partial charge in [-0.15, -0.1) is 0 Å². The molecule has 0 aromatic heterocycles. The molecule has 0 saturated carbocycles. The van der Waals surface area contributed by atoms with Gasteiger partial charge in [-0.25, -0.2) is 0 Å². The molecule has 0 atom stereocenters. The molecule has 0 aliphatic carbocycles. The summed E-state index contributed by atoms with van der Waals surface area (Å²) in [6.45, 7) is 0. The molecular formula is C22H18ClNO3. The van der Waals surface area contributed by atoms with E-state index >= 15 is 0 Å². The van der Waals surface area contributed by atoms with Crippen molar-refractivity contribution in [2.75, 3.05) is 12.4 Å². The summed E-state index contributed by atoms with van der Waals surface area (Å²) in [5.74, 6) is 0.315. The Morgan fingerprint density at radius 2 is 1.67 bits per heavy atom. The quantitative estimate of drug-likeness (QED) is 0.628. The molecule has 0 spiro atoms. The summed E-state index contributed by atoms with van der Waals surface area (Å²) < 4.78 is 5.11. The van der Waals surface area contributed by atoms with Crippen molar-refractivity contribution < 1.29 is 14.3 Å². The Morgan fingerprint density at radius 3 is 2.33 bits per heavy atom. The van der Waals surface area contributed by atoms with Crippen molar-refractivity contribution in [2.45, 2.75) is 6.42 Å². The molecule has 3 aromatic rings. The SMILES string of the molecule is COc1ccc(CC(=O)Nc2ccc(Cl)cc2C(=O)c2ccccc2)cc1. The summed E-state index contributed by atoms with van der Waals surface area (Å²) in [6, 6.07) is 21.0. The van der Waals surface area contributed by atoms with Gasteiger partial charge in [-0.3, -0.25) is 9.59 Å². The second-order valence-corrected chi connectivity index (χ2v) is 6.39. The van der Waals surface area contributed by atoms with E-state index in [2.05, 4.69) is 5.32 Å². The van der Waals surface area contributed by atoms with Gasteiger partial charge in [0.25, 0.3) is 0 Å². The number of hydrogen-bond acceptors (Lipinski definition) is 3. The summed E-state index contributed by atoms with van der Waals surface area (Å²) in [6.07, 6.45) is 0.186. The molecule has 0 radical (unpaired) electrons. The zero-order valence-electron chi connectivity index (χ0n) is 14.7. The summed E-state index contributed by atoms with van der Waals surface area (Å²) in [7, 11) is 1.59. The lowest BCUT2D eigenvalue weighted by Gasteiger charge is -2.11. The minimum atomic E-state index is -0.218. The fourth-order valence-corrected chi connectivity index (χ4v) is 2.85. The number of carbonyl (C=O) groups excluding carboxylic acids is 2. The van der Waals surface area contributed by atoms with Crippen molar-refractivity contribution in [1.29, 1.82) is 0 Å². The normalized spacial score (nSPS) is 10.3. The second-order valence-electron chi connectivity index (χ2n) is 5.96. The number of benzene rings is 3. The number of carbonyl (C=O) groups is 2. The van der Waals surface area contributed by atoms with Gasteiger partial charge in [-0.2, -0.15) is 0 Å². The van der Waals surface area contributed by atoms with E-state index in [1.165, 1.54) is 0 Å². The highest BCUT2D eigenvalue weighted by atomic mass is 35.5. The number of anilines is 1. The predicted molar refractivity (Wildman–Crippen MR) is 107 cm³/mol. The zero-order valence-corrected chi connectivity index (χ0v) is 15.5. The average molecular weight is 380 g/mol. The second kappa shape index (κ2) is 8.52. The van der Waals surface area contributed by atoms with Crippen LogP contribution in [0.2, 0.25) is 5.02 Å². The summed E-state index contributed by atoms with van der Waals surface area (Å²) in [4.78, 5) is 25.3. The van der Waals surface area contributed by atoms with Gasteiger partial charge in [0.15, 0.2) is 5.78 Å². The lowest BCUT2D eigenvalue weighted by Crippen LogP contribution is -2.17. The van der Waals surface area contributed by atoms with Crippen molar-refractivity contribution in [1.82, 2.24) is 0 Å². The van der Waals surface area contributed by atoms with Gasteiger partial charge in [0.1, 0.15) is 5.75 Å². The predicted octanol–water partition coefficient (Wildman–Crippen LogP) is 4.76. The Kier molecular flexibility index (Phi) is 5.89. The summed E-state index contributed by atoms with van der Waals surface area (Å²) >= 11 is 6.07. The third kappa shape index (κ3) is 4.74. The highest BCUT2D eigenvalue weighted by Gasteiger charge is 2.16. The molecule has 1 N–H and O–H groups in total. The molecule has 0 heterocycles. The fourth-order valence-electron chi connectivity index (χ4n) is 2.68. The first kappa shape index (κ1) is 18.7. The highest BCUT2D eigenvalue weighted by molar-refractivity contribution is 6.31. The minimum Gasteiger partial charge on any atom is -0.497 e. The Hall–Kier alpha value is -3.11. The van der Waals surface area contributed by atoms with Gasteiger partial charge in [0.2, 0.25) is 5.91 Å². The maximum absolute atomic E-state index is 12.8. The monoisotopic (exact) mass is 379 g/mol. The first-order chi connectivity index (χ1) is 13.1. The fraction of sp³-hybridized carbons (Fsp3) is 0.0909. The Bertz CT molecular complexity index is 953. The first-order valence-electron chi connectivity index (χ1n) is 8.39. The van der Waals surface area contributed by atoms with Crippen molar-refractivity contribution >= 4 is 29.0 Å². The summed E-state index contributed by atoms with van der Waals surface area (Å²) in [5, 5.41) is 3.25. The van der Waals surface area contributed by atoms with Crippen LogP contribution in [-0.2, 0) is 11.2 Å². The van der Waals surface area contributed by atoms with E-state index in [9.17, 15) is 9.59 Å². The lowest BCUT2D eigenvalue weighted by atomic mass is 10.0. The Balaban J connectivity index is 1.80. The van der Waals surface area contributed by atoms with Crippen LogP contribution in [0.5, 0.6) is 5.75 Å². The van der Waals surface area contributed by atoms with Crippen LogP contribution in [-0.4, -0.2) is 18.8 Å². The van der Waals surface area contributed by atoms with E-state index in [0.29, 0.717) is 21.8 Å².